The van der Waals surface area contributed by atoms with Gasteiger partial charge in [0.25, 0.3) is 0 Å². The largest absolute Gasteiger partial charge is 0.245 e. The van der Waals surface area contributed by atoms with Crippen molar-refractivity contribution in [2.75, 3.05) is 0 Å². The molecule has 0 saturated heterocycles. The van der Waals surface area contributed by atoms with Gasteiger partial charge in [0, 0.05) is 38.6 Å². The molecule has 0 aliphatic rings. The predicted molar refractivity (Wildman–Crippen MR) is 215 cm³/mol. The molecule has 0 saturated carbocycles. The number of pyridine rings is 2. The van der Waals surface area contributed by atoms with E-state index >= 15 is 0 Å². The van der Waals surface area contributed by atoms with Crippen LogP contribution in [-0.2, 0) is 0 Å². The van der Waals surface area contributed by atoms with Gasteiger partial charge in [-0.15, -0.1) is 0 Å². The lowest BCUT2D eigenvalue weighted by Crippen LogP contribution is -1.96. The van der Waals surface area contributed by atoms with Gasteiger partial charge in [-0.25, -0.2) is 19.9 Å². The lowest BCUT2D eigenvalue weighted by Gasteiger charge is -2.11. The summed E-state index contributed by atoms with van der Waals surface area (Å²) in [5.74, 6) is 0.569. The molecule has 3 heterocycles. The van der Waals surface area contributed by atoms with Gasteiger partial charge in [-0.05, 0) is 65.7 Å². The first-order valence-corrected chi connectivity index (χ1v) is 17.5. The van der Waals surface area contributed by atoms with Crippen molar-refractivity contribution in [3.63, 3.8) is 0 Å². The number of hydrogen-bond donors (Lipinski definition) is 0. The van der Waals surface area contributed by atoms with Crippen molar-refractivity contribution in [3.8, 4) is 79.7 Å². The zero-order valence-corrected chi connectivity index (χ0v) is 28.8. The number of fused-ring (bicyclic) bond motifs is 3. The molecule has 0 atom stereocenters. The van der Waals surface area contributed by atoms with Gasteiger partial charge in [-0.2, -0.15) is 10.5 Å². The van der Waals surface area contributed by atoms with Crippen molar-refractivity contribution >= 4 is 21.8 Å². The number of benzene rings is 6. The van der Waals surface area contributed by atoms with E-state index in [1.54, 1.807) is 24.3 Å². The fourth-order valence-electron chi connectivity index (χ4n) is 6.70. The summed E-state index contributed by atoms with van der Waals surface area (Å²) in [7, 11) is 0. The van der Waals surface area contributed by atoms with E-state index in [2.05, 4.69) is 97.1 Å². The average Bonchev–Trinajstić information content (AvgIpc) is 3.26. The van der Waals surface area contributed by atoms with Gasteiger partial charge in [-0.3, -0.25) is 0 Å². The van der Waals surface area contributed by atoms with Crippen molar-refractivity contribution in [2.24, 2.45) is 0 Å². The van der Waals surface area contributed by atoms with E-state index in [1.165, 1.54) is 0 Å². The van der Waals surface area contributed by atoms with Crippen LogP contribution in [0.1, 0.15) is 11.1 Å². The third kappa shape index (κ3) is 6.22. The molecule has 0 fully saturated rings. The first kappa shape index (κ1) is 32.1. The van der Waals surface area contributed by atoms with Gasteiger partial charge in [-0.1, -0.05) is 115 Å². The van der Waals surface area contributed by atoms with Crippen LogP contribution in [0.4, 0.5) is 0 Å². The van der Waals surface area contributed by atoms with Crippen LogP contribution >= 0.6 is 0 Å². The molecule has 54 heavy (non-hydrogen) atoms. The highest BCUT2D eigenvalue weighted by molar-refractivity contribution is 6.04. The van der Waals surface area contributed by atoms with E-state index < -0.39 is 0 Å². The Kier molecular flexibility index (Phi) is 8.17. The lowest BCUT2D eigenvalue weighted by atomic mass is 9.99. The Labute approximate surface area is 312 Å². The van der Waals surface area contributed by atoms with Crippen LogP contribution in [-0.4, -0.2) is 19.9 Å². The number of hydrogen-bond acceptors (Lipinski definition) is 6. The summed E-state index contributed by atoms with van der Waals surface area (Å²) in [5, 5.41) is 20.8. The van der Waals surface area contributed by atoms with Crippen LogP contribution in [0.15, 0.2) is 170 Å². The number of aromatic nitrogens is 4. The summed E-state index contributed by atoms with van der Waals surface area (Å²) in [6.07, 6.45) is 0. The Morgan fingerprint density at radius 1 is 0.315 bits per heavy atom. The fourth-order valence-corrected chi connectivity index (χ4v) is 6.70. The highest BCUT2D eigenvalue weighted by Crippen LogP contribution is 2.33. The van der Waals surface area contributed by atoms with Gasteiger partial charge < -0.3 is 0 Å². The summed E-state index contributed by atoms with van der Waals surface area (Å²) in [4.78, 5) is 20.3. The molecule has 0 unspecified atom stereocenters. The van der Waals surface area contributed by atoms with E-state index in [0.29, 0.717) is 17.0 Å². The topological polar surface area (TPSA) is 99.1 Å². The maximum absolute atomic E-state index is 9.35. The molecule has 0 N–H and O–H groups in total. The average molecular weight is 689 g/mol. The molecule has 0 spiro atoms. The molecule has 6 aromatic carbocycles. The zero-order valence-electron chi connectivity index (χ0n) is 28.8. The van der Waals surface area contributed by atoms with Crippen LogP contribution in [0.3, 0.4) is 0 Å². The number of nitriles is 2. The maximum atomic E-state index is 9.35. The van der Waals surface area contributed by atoms with Gasteiger partial charge in [0.05, 0.1) is 57.1 Å². The lowest BCUT2D eigenvalue weighted by molar-refractivity contribution is 1.18. The van der Waals surface area contributed by atoms with Crippen LogP contribution in [0.5, 0.6) is 0 Å². The standard InChI is InChI=1S/C48H28N6/c49-29-31-12-16-34(17-13-31)44-28-45(35-18-14-32(30-50)15-19-35)54-48(53-44)41-11-5-9-39(27-41)38-8-4-10-40(26-38)43-25-23-37-21-20-36-22-24-42(33-6-2-1-3-7-33)51-46(36)47(37)52-43/h1-28H. The first-order valence-electron chi connectivity index (χ1n) is 17.5. The molecule has 250 valence electrons. The Hall–Kier alpha value is -7.80. The Morgan fingerprint density at radius 3 is 1.28 bits per heavy atom. The van der Waals surface area contributed by atoms with Crippen molar-refractivity contribution in [1.29, 1.82) is 10.5 Å². The Morgan fingerprint density at radius 2 is 0.741 bits per heavy atom. The Bertz CT molecular complexity index is 2860. The number of rotatable bonds is 6. The van der Waals surface area contributed by atoms with Gasteiger partial charge >= 0.3 is 0 Å². The smallest absolute Gasteiger partial charge is 0.160 e. The minimum atomic E-state index is 0.569. The maximum Gasteiger partial charge on any atom is 0.160 e. The quantitative estimate of drug-likeness (QED) is 0.161. The SMILES string of the molecule is N#Cc1ccc(-c2cc(-c3ccc(C#N)cc3)nc(-c3cccc(-c4cccc(-c5ccc6ccc7ccc(-c8ccccc8)nc7c6n5)c4)c3)n2)cc1. The van der Waals surface area contributed by atoms with E-state index in [0.717, 1.165) is 83.5 Å². The second kappa shape index (κ2) is 13.7. The normalized spacial score (nSPS) is 10.9. The molecule has 3 aromatic heterocycles. The molecule has 6 heteroatoms. The molecule has 6 nitrogen and oxygen atoms in total. The molecule has 0 bridgehead atoms. The van der Waals surface area contributed by atoms with Crippen molar-refractivity contribution in [2.45, 2.75) is 0 Å². The second-order valence-corrected chi connectivity index (χ2v) is 13.0. The third-order valence-electron chi connectivity index (χ3n) is 9.55. The molecule has 9 aromatic rings. The second-order valence-electron chi connectivity index (χ2n) is 13.0. The van der Waals surface area contributed by atoms with Crippen molar-refractivity contribution in [1.82, 2.24) is 19.9 Å². The summed E-state index contributed by atoms with van der Waals surface area (Å²) in [6.45, 7) is 0. The highest BCUT2D eigenvalue weighted by atomic mass is 14.9. The molecule has 0 aliphatic carbocycles. The predicted octanol–water partition coefficient (Wildman–Crippen LogP) is 11.3. The molecule has 0 aliphatic heterocycles. The minimum absolute atomic E-state index is 0.569. The first-order chi connectivity index (χ1) is 26.6. The summed E-state index contributed by atoms with van der Waals surface area (Å²) >= 11 is 0. The highest BCUT2D eigenvalue weighted by Gasteiger charge is 2.14. The van der Waals surface area contributed by atoms with Gasteiger partial charge in [0.15, 0.2) is 5.82 Å². The summed E-state index contributed by atoms with van der Waals surface area (Å²) in [6, 6.07) is 60.5. The van der Waals surface area contributed by atoms with Crippen LogP contribution < -0.4 is 0 Å². The van der Waals surface area contributed by atoms with Gasteiger partial charge in [0.1, 0.15) is 0 Å². The monoisotopic (exact) mass is 688 g/mol. The van der Waals surface area contributed by atoms with E-state index in [9.17, 15) is 10.5 Å². The molecule has 9 rings (SSSR count). The third-order valence-corrected chi connectivity index (χ3v) is 9.55. The zero-order chi connectivity index (χ0) is 36.4. The fraction of sp³-hybridized carbons (Fsp3) is 0. The van der Waals surface area contributed by atoms with Crippen LogP contribution in [0.25, 0.3) is 89.4 Å². The minimum Gasteiger partial charge on any atom is -0.245 e. The van der Waals surface area contributed by atoms with E-state index in [-0.39, 0.29) is 0 Å². The van der Waals surface area contributed by atoms with Crippen molar-refractivity contribution in [3.05, 3.63) is 181 Å². The summed E-state index contributed by atoms with van der Waals surface area (Å²) < 4.78 is 0. The number of nitrogens with zero attached hydrogens (tertiary/aromatic N) is 6. The van der Waals surface area contributed by atoms with Crippen LogP contribution in [0.2, 0.25) is 0 Å². The molecular formula is C48H28N6. The Balaban J connectivity index is 1.10. The van der Waals surface area contributed by atoms with E-state index in [1.807, 2.05) is 60.7 Å². The molecular weight excluding hydrogens is 661 g/mol. The molecule has 0 amide bonds. The van der Waals surface area contributed by atoms with E-state index in [4.69, 9.17) is 19.9 Å². The van der Waals surface area contributed by atoms with Crippen LogP contribution in [0, 0.1) is 22.7 Å². The molecule has 0 radical (unpaired) electrons. The van der Waals surface area contributed by atoms with Crippen molar-refractivity contribution < 1.29 is 0 Å². The summed E-state index contributed by atoms with van der Waals surface area (Å²) in [5.41, 5.74) is 12.9. The van der Waals surface area contributed by atoms with Gasteiger partial charge in [0.2, 0.25) is 0 Å².